The lowest BCUT2D eigenvalue weighted by molar-refractivity contribution is -0.135. The molecule has 1 unspecified atom stereocenters. The molecule has 5 heteroatoms. The third-order valence-corrected chi connectivity index (χ3v) is 4.42. The Bertz CT molecular complexity index is 595. The summed E-state index contributed by atoms with van der Waals surface area (Å²) in [6.45, 7) is 5.94. The Morgan fingerprint density at radius 2 is 2.00 bits per heavy atom. The summed E-state index contributed by atoms with van der Waals surface area (Å²) >= 11 is 1.63. The van der Waals surface area contributed by atoms with Crippen LogP contribution in [0.5, 0.6) is 0 Å². The minimum atomic E-state index is -0.834. The van der Waals surface area contributed by atoms with Crippen LogP contribution < -0.4 is 4.90 Å². The van der Waals surface area contributed by atoms with Crippen LogP contribution in [0.15, 0.2) is 30.3 Å². The van der Waals surface area contributed by atoms with Crippen LogP contribution in [0.1, 0.15) is 28.5 Å². The normalized spacial score (nSPS) is 12.2. The molecule has 1 N–H and O–H groups in total. The molecule has 0 aliphatic heterocycles. The second-order valence-corrected chi connectivity index (χ2v) is 5.95. The van der Waals surface area contributed by atoms with Gasteiger partial charge in [0.25, 0.3) is 0 Å². The number of anilines is 1. The molecular weight excluding hydrogens is 272 g/mol. The van der Waals surface area contributed by atoms with Crippen molar-refractivity contribution in [3.63, 3.8) is 0 Å². The van der Waals surface area contributed by atoms with E-state index in [2.05, 4.69) is 4.98 Å². The number of hydrogen-bond donors (Lipinski definition) is 1. The Morgan fingerprint density at radius 3 is 2.50 bits per heavy atom. The van der Waals surface area contributed by atoms with Crippen molar-refractivity contribution < 1.29 is 9.90 Å². The van der Waals surface area contributed by atoms with Gasteiger partial charge < -0.3 is 10.0 Å². The number of carbonyl (C=O) groups is 1. The van der Waals surface area contributed by atoms with E-state index in [1.165, 1.54) is 0 Å². The van der Waals surface area contributed by atoms with Crippen molar-refractivity contribution in [2.45, 2.75) is 26.8 Å². The van der Waals surface area contributed by atoms with Gasteiger partial charge in [-0.15, -0.1) is 11.3 Å². The summed E-state index contributed by atoms with van der Waals surface area (Å²) in [4.78, 5) is 18.6. The molecule has 0 radical (unpaired) electrons. The van der Waals surface area contributed by atoms with E-state index in [0.717, 1.165) is 21.3 Å². The van der Waals surface area contributed by atoms with E-state index in [9.17, 15) is 4.79 Å². The van der Waals surface area contributed by atoms with Crippen LogP contribution in [-0.2, 0) is 4.79 Å². The number of aromatic nitrogens is 1. The quantitative estimate of drug-likeness (QED) is 0.917. The molecule has 1 aromatic heterocycles. The van der Waals surface area contributed by atoms with Crippen molar-refractivity contribution in [2.24, 2.45) is 0 Å². The molecule has 0 aliphatic rings. The average molecular weight is 290 g/mol. The topological polar surface area (TPSA) is 53.4 Å². The van der Waals surface area contributed by atoms with Crippen LogP contribution in [0.25, 0.3) is 0 Å². The fourth-order valence-electron chi connectivity index (χ4n) is 2.29. The molecule has 1 atom stereocenters. The molecular formula is C15H18N2O2S. The van der Waals surface area contributed by atoms with Crippen LogP contribution in [-0.4, -0.2) is 22.6 Å². The fraction of sp³-hybridized carbons (Fsp3) is 0.333. The van der Waals surface area contributed by atoms with Gasteiger partial charge in [-0.2, -0.15) is 0 Å². The molecule has 106 valence electrons. The molecule has 2 rings (SSSR count). The van der Waals surface area contributed by atoms with Crippen molar-refractivity contribution in [2.75, 3.05) is 11.4 Å². The number of aliphatic carboxylic acids is 1. The van der Waals surface area contributed by atoms with Crippen LogP contribution in [0.2, 0.25) is 0 Å². The smallest absolute Gasteiger partial charge is 0.323 e. The predicted octanol–water partition coefficient (Wildman–Crippen LogP) is 3.41. The second kappa shape index (κ2) is 6.05. The maximum absolute atomic E-state index is 11.2. The molecule has 0 fully saturated rings. The third kappa shape index (κ3) is 3.17. The lowest BCUT2D eigenvalue weighted by Crippen LogP contribution is -2.32. The minimum Gasteiger partial charge on any atom is -0.480 e. The highest BCUT2D eigenvalue weighted by Gasteiger charge is 2.22. The Balaban J connectivity index is 2.36. The first-order valence-electron chi connectivity index (χ1n) is 6.46. The van der Waals surface area contributed by atoms with Gasteiger partial charge in [0.2, 0.25) is 0 Å². The fourth-order valence-corrected chi connectivity index (χ4v) is 3.29. The average Bonchev–Trinajstić information content (AvgIpc) is 2.75. The first-order chi connectivity index (χ1) is 9.49. The maximum Gasteiger partial charge on any atom is 0.323 e. The molecule has 0 bridgehead atoms. The number of thiazole rings is 1. The molecule has 0 saturated heterocycles. The van der Waals surface area contributed by atoms with Gasteiger partial charge in [-0.05, 0) is 32.9 Å². The van der Waals surface area contributed by atoms with Crippen molar-refractivity contribution >= 4 is 23.0 Å². The molecule has 0 saturated carbocycles. The molecule has 4 nitrogen and oxygen atoms in total. The van der Waals surface area contributed by atoms with E-state index in [4.69, 9.17) is 5.11 Å². The summed E-state index contributed by atoms with van der Waals surface area (Å²) in [5.41, 5.74) is 1.89. The number of nitrogens with zero attached hydrogens (tertiary/aromatic N) is 2. The summed E-state index contributed by atoms with van der Waals surface area (Å²) in [7, 11) is 0. The van der Waals surface area contributed by atoms with Crippen LogP contribution in [0, 0.1) is 13.8 Å². The SMILES string of the molecule is Cc1nc(C)c(C(C)N(CC(=O)O)c2ccccc2)s1. The number of aryl methyl sites for hydroxylation is 2. The minimum absolute atomic E-state index is 0.0142. The number of carboxylic acids is 1. The zero-order chi connectivity index (χ0) is 14.7. The van der Waals surface area contributed by atoms with Gasteiger partial charge >= 0.3 is 5.97 Å². The summed E-state index contributed by atoms with van der Waals surface area (Å²) in [6, 6.07) is 9.61. The second-order valence-electron chi connectivity index (χ2n) is 4.72. The molecule has 1 heterocycles. The van der Waals surface area contributed by atoms with Crippen molar-refractivity contribution in [3.8, 4) is 0 Å². The summed E-state index contributed by atoms with van der Waals surface area (Å²) in [6.07, 6.45) is 0. The Morgan fingerprint density at radius 1 is 1.35 bits per heavy atom. The predicted molar refractivity (Wildman–Crippen MR) is 81.4 cm³/mol. The van der Waals surface area contributed by atoms with Gasteiger partial charge in [0, 0.05) is 10.6 Å². The zero-order valence-electron chi connectivity index (χ0n) is 11.8. The van der Waals surface area contributed by atoms with Crippen LogP contribution >= 0.6 is 11.3 Å². The Hall–Kier alpha value is -1.88. The van der Waals surface area contributed by atoms with E-state index < -0.39 is 5.97 Å². The highest BCUT2D eigenvalue weighted by molar-refractivity contribution is 7.11. The Labute approximate surface area is 122 Å². The van der Waals surface area contributed by atoms with Gasteiger partial charge in [-0.1, -0.05) is 18.2 Å². The number of carboxylic acid groups (broad SMARTS) is 1. The largest absolute Gasteiger partial charge is 0.480 e. The Kier molecular flexibility index (Phi) is 4.39. The van der Waals surface area contributed by atoms with Crippen molar-refractivity contribution in [3.05, 3.63) is 45.9 Å². The van der Waals surface area contributed by atoms with Gasteiger partial charge in [-0.25, -0.2) is 4.98 Å². The standard InChI is InChI=1S/C15H18N2O2S/c1-10-15(20-12(3)16-10)11(2)17(9-14(18)19)13-7-5-4-6-8-13/h4-8,11H,9H2,1-3H3,(H,18,19). The van der Waals surface area contributed by atoms with Crippen molar-refractivity contribution in [1.29, 1.82) is 0 Å². The maximum atomic E-state index is 11.2. The van der Waals surface area contributed by atoms with Crippen molar-refractivity contribution in [1.82, 2.24) is 4.98 Å². The van der Waals surface area contributed by atoms with Crippen LogP contribution in [0.4, 0.5) is 5.69 Å². The lowest BCUT2D eigenvalue weighted by Gasteiger charge is -2.29. The van der Waals surface area contributed by atoms with E-state index in [0.29, 0.717) is 0 Å². The number of para-hydroxylation sites is 1. The van der Waals surface area contributed by atoms with E-state index in [1.807, 2.05) is 56.0 Å². The van der Waals surface area contributed by atoms with E-state index in [1.54, 1.807) is 11.3 Å². The highest BCUT2D eigenvalue weighted by Crippen LogP contribution is 2.32. The molecule has 0 spiro atoms. The molecule has 1 aromatic carbocycles. The molecule has 0 amide bonds. The summed E-state index contributed by atoms with van der Waals surface area (Å²) < 4.78 is 0. The molecule has 20 heavy (non-hydrogen) atoms. The highest BCUT2D eigenvalue weighted by atomic mass is 32.1. The number of rotatable bonds is 5. The summed E-state index contributed by atoms with van der Waals surface area (Å²) in [5.74, 6) is -0.834. The number of hydrogen-bond acceptors (Lipinski definition) is 4. The first-order valence-corrected chi connectivity index (χ1v) is 7.28. The lowest BCUT2D eigenvalue weighted by atomic mass is 10.1. The van der Waals surface area contributed by atoms with Gasteiger partial charge in [0.05, 0.1) is 16.7 Å². The van der Waals surface area contributed by atoms with Gasteiger partial charge in [0.15, 0.2) is 0 Å². The number of benzene rings is 1. The van der Waals surface area contributed by atoms with Crippen LogP contribution in [0.3, 0.4) is 0 Å². The monoisotopic (exact) mass is 290 g/mol. The summed E-state index contributed by atoms with van der Waals surface area (Å²) in [5, 5.41) is 10.2. The molecule has 0 aliphatic carbocycles. The third-order valence-electron chi connectivity index (χ3n) is 3.18. The first kappa shape index (κ1) is 14.5. The molecule has 2 aromatic rings. The van der Waals surface area contributed by atoms with Gasteiger partial charge in [0.1, 0.15) is 6.54 Å². The van der Waals surface area contributed by atoms with E-state index in [-0.39, 0.29) is 12.6 Å². The van der Waals surface area contributed by atoms with Gasteiger partial charge in [-0.3, -0.25) is 4.79 Å². The van der Waals surface area contributed by atoms with E-state index >= 15 is 0 Å². The zero-order valence-corrected chi connectivity index (χ0v) is 12.6.